The zero-order valence-corrected chi connectivity index (χ0v) is 17.8. The van der Waals surface area contributed by atoms with E-state index in [0.29, 0.717) is 0 Å². The summed E-state index contributed by atoms with van der Waals surface area (Å²) in [7, 11) is 0. The number of nitrogens with two attached hydrogens (primary N) is 1. The van der Waals surface area contributed by atoms with Gasteiger partial charge in [-0.15, -0.1) is 0 Å². The molecule has 0 aromatic heterocycles. The number of benzene rings is 1. The van der Waals surface area contributed by atoms with Crippen LogP contribution in [0.3, 0.4) is 0 Å². The minimum atomic E-state index is 0.0551. The van der Waals surface area contributed by atoms with Crippen molar-refractivity contribution in [2.75, 3.05) is 13.2 Å². The molecule has 0 bridgehead atoms. The van der Waals surface area contributed by atoms with Crippen LogP contribution in [0, 0.1) is 17.8 Å². The first-order valence-corrected chi connectivity index (χ1v) is 10.5. The molecule has 26 heavy (non-hydrogen) atoms. The first-order valence-electron chi connectivity index (χ1n) is 10.5. The van der Waals surface area contributed by atoms with E-state index in [-0.39, 0.29) is 11.7 Å². The van der Waals surface area contributed by atoms with Crippen LogP contribution in [0.15, 0.2) is 24.3 Å². The Kier molecular flexibility index (Phi) is 7.97. The third kappa shape index (κ3) is 6.92. The van der Waals surface area contributed by atoms with E-state index in [1.165, 1.54) is 31.4 Å². The van der Waals surface area contributed by atoms with Crippen molar-refractivity contribution >= 4 is 0 Å². The highest BCUT2D eigenvalue weighted by atomic mass is 16.5. The van der Waals surface area contributed by atoms with E-state index in [4.69, 9.17) is 9.47 Å². The molecule has 0 amide bonds. The van der Waals surface area contributed by atoms with Gasteiger partial charge in [0.1, 0.15) is 12.3 Å². The Balaban J connectivity index is 1.77. The van der Waals surface area contributed by atoms with Crippen molar-refractivity contribution in [1.82, 2.24) is 0 Å². The van der Waals surface area contributed by atoms with Gasteiger partial charge in [0, 0.05) is 12.2 Å². The largest absolute Gasteiger partial charge is 0.491 e. The zero-order chi connectivity index (χ0) is 19.2. The van der Waals surface area contributed by atoms with Crippen molar-refractivity contribution < 1.29 is 14.8 Å². The first-order chi connectivity index (χ1) is 12.3. The third-order valence-electron chi connectivity index (χ3n) is 5.58. The summed E-state index contributed by atoms with van der Waals surface area (Å²) in [5.74, 6) is 3.32. The van der Waals surface area contributed by atoms with Gasteiger partial charge in [-0.2, -0.15) is 0 Å². The van der Waals surface area contributed by atoms with Gasteiger partial charge in [0.25, 0.3) is 0 Å². The topological polar surface area (TPSA) is 35.1 Å². The molecule has 3 heteroatoms. The minimum absolute atomic E-state index is 0.0551. The summed E-state index contributed by atoms with van der Waals surface area (Å²) in [6, 6.07) is 8.55. The van der Waals surface area contributed by atoms with E-state index in [2.05, 4.69) is 71.1 Å². The summed E-state index contributed by atoms with van der Waals surface area (Å²) in [5.41, 5.74) is 1.42. The van der Waals surface area contributed by atoms with E-state index in [1.54, 1.807) is 0 Å². The molecule has 1 aliphatic heterocycles. The van der Waals surface area contributed by atoms with Gasteiger partial charge in [-0.3, -0.25) is 0 Å². The molecule has 1 heterocycles. The Bertz CT molecular complexity index is 522. The van der Waals surface area contributed by atoms with Crippen molar-refractivity contribution in [1.29, 1.82) is 0 Å². The van der Waals surface area contributed by atoms with Crippen LogP contribution in [0.25, 0.3) is 0 Å². The quantitative estimate of drug-likeness (QED) is 0.661. The Morgan fingerprint density at radius 3 is 2.42 bits per heavy atom. The number of ether oxygens (including phenoxy) is 2. The van der Waals surface area contributed by atoms with E-state index < -0.39 is 0 Å². The standard InChI is InChI=1S/C23H39NO2/c1-17(2)22(20-12-14-25-23(5,6)15-20)11-13-24-16-19-7-9-21(10-8-19)26-18(3)4/h7-10,17-18,20,22,24H,11-16H2,1-6H3/p+1/t20-,22-/m0/s1. The lowest BCUT2D eigenvalue weighted by Crippen LogP contribution is -2.82. The molecule has 2 atom stereocenters. The predicted octanol–water partition coefficient (Wildman–Crippen LogP) is 4.40. The molecule has 1 fully saturated rings. The Morgan fingerprint density at radius 1 is 1.15 bits per heavy atom. The van der Waals surface area contributed by atoms with Gasteiger partial charge < -0.3 is 14.8 Å². The number of quaternary nitrogens is 1. The molecule has 1 aromatic rings. The molecule has 0 spiro atoms. The van der Waals surface area contributed by atoms with Crippen molar-refractivity contribution in [3.63, 3.8) is 0 Å². The molecular formula is C23H40NO2+. The Hall–Kier alpha value is -1.06. The average molecular weight is 363 g/mol. The molecule has 1 aliphatic rings. The van der Waals surface area contributed by atoms with Crippen LogP contribution >= 0.6 is 0 Å². The molecular weight excluding hydrogens is 322 g/mol. The summed E-state index contributed by atoms with van der Waals surface area (Å²) in [4.78, 5) is 0. The van der Waals surface area contributed by atoms with Gasteiger partial charge in [0.15, 0.2) is 0 Å². The Morgan fingerprint density at radius 2 is 1.85 bits per heavy atom. The first kappa shape index (κ1) is 21.2. The third-order valence-corrected chi connectivity index (χ3v) is 5.58. The van der Waals surface area contributed by atoms with Gasteiger partial charge in [-0.1, -0.05) is 13.8 Å². The lowest BCUT2D eigenvalue weighted by atomic mass is 9.73. The summed E-state index contributed by atoms with van der Waals surface area (Å²) in [5, 5.41) is 2.46. The van der Waals surface area contributed by atoms with Crippen molar-refractivity contribution in [3.05, 3.63) is 29.8 Å². The molecule has 1 saturated heterocycles. The van der Waals surface area contributed by atoms with Crippen LogP contribution in [-0.2, 0) is 11.3 Å². The molecule has 0 unspecified atom stereocenters. The smallest absolute Gasteiger partial charge is 0.119 e. The minimum Gasteiger partial charge on any atom is -0.491 e. The molecule has 1 aromatic carbocycles. The zero-order valence-electron chi connectivity index (χ0n) is 17.8. The van der Waals surface area contributed by atoms with Gasteiger partial charge >= 0.3 is 0 Å². The molecule has 148 valence electrons. The van der Waals surface area contributed by atoms with Gasteiger partial charge in [0.05, 0.1) is 18.2 Å². The van der Waals surface area contributed by atoms with E-state index in [1.807, 2.05) is 0 Å². The normalized spacial score (nSPS) is 21.2. The second kappa shape index (κ2) is 9.75. The fourth-order valence-electron chi connectivity index (χ4n) is 4.31. The van der Waals surface area contributed by atoms with E-state index >= 15 is 0 Å². The lowest BCUT2D eigenvalue weighted by Gasteiger charge is -2.40. The second-order valence-corrected chi connectivity index (χ2v) is 9.15. The van der Waals surface area contributed by atoms with E-state index in [9.17, 15) is 0 Å². The number of rotatable bonds is 9. The van der Waals surface area contributed by atoms with Crippen LogP contribution in [-0.4, -0.2) is 24.9 Å². The average Bonchev–Trinajstić information content (AvgIpc) is 2.54. The van der Waals surface area contributed by atoms with Crippen LogP contribution in [0.4, 0.5) is 0 Å². The van der Waals surface area contributed by atoms with Crippen LogP contribution in [0.5, 0.6) is 5.75 Å². The van der Waals surface area contributed by atoms with Crippen molar-refractivity contribution in [2.24, 2.45) is 17.8 Å². The summed E-state index contributed by atoms with van der Waals surface area (Å²) in [6.45, 7) is 16.6. The highest BCUT2D eigenvalue weighted by Crippen LogP contribution is 2.37. The molecule has 2 N–H and O–H groups in total. The monoisotopic (exact) mass is 362 g/mol. The Labute approximate surface area is 160 Å². The second-order valence-electron chi connectivity index (χ2n) is 9.15. The summed E-state index contributed by atoms with van der Waals surface area (Å²) >= 11 is 0. The van der Waals surface area contributed by atoms with Crippen molar-refractivity contribution in [2.45, 2.75) is 79.1 Å². The molecule has 0 aliphatic carbocycles. The maximum Gasteiger partial charge on any atom is 0.119 e. The predicted molar refractivity (Wildman–Crippen MR) is 108 cm³/mol. The molecule has 0 radical (unpaired) electrons. The fraction of sp³-hybridized carbons (Fsp3) is 0.739. The fourth-order valence-corrected chi connectivity index (χ4v) is 4.31. The number of hydrogen-bond donors (Lipinski definition) is 1. The van der Waals surface area contributed by atoms with Gasteiger partial charge in [-0.25, -0.2) is 0 Å². The van der Waals surface area contributed by atoms with Gasteiger partial charge in [0.2, 0.25) is 0 Å². The lowest BCUT2D eigenvalue weighted by molar-refractivity contribution is -0.671. The molecule has 2 rings (SSSR count). The van der Waals surface area contributed by atoms with Crippen LogP contribution in [0.1, 0.15) is 66.4 Å². The van der Waals surface area contributed by atoms with Crippen molar-refractivity contribution in [3.8, 4) is 5.75 Å². The maximum atomic E-state index is 5.92. The SMILES string of the molecule is CC(C)Oc1ccc(C[NH2+]CC[C@@H](C(C)C)[C@H]2CCOC(C)(C)C2)cc1. The van der Waals surface area contributed by atoms with E-state index in [0.717, 1.165) is 36.7 Å². The number of hydrogen-bond acceptors (Lipinski definition) is 2. The van der Waals surface area contributed by atoms with Crippen LogP contribution < -0.4 is 10.1 Å². The summed E-state index contributed by atoms with van der Waals surface area (Å²) < 4.78 is 11.6. The highest BCUT2D eigenvalue weighted by molar-refractivity contribution is 5.26. The van der Waals surface area contributed by atoms with Gasteiger partial charge in [-0.05, 0) is 89.0 Å². The summed E-state index contributed by atoms with van der Waals surface area (Å²) in [6.07, 6.45) is 3.96. The maximum absolute atomic E-state index is 5.92. The highest BCUT2D eigenvalue weighted by Gasteiger charge is 2.34. The molecule has 0 saturated carbocycles. The van der Waals surface area contributed by atoms with Crippen LogP contribution in [0.2, 0.25) is 0 Å². The molecule has 3 nitrogen and oxygen atoms in total.